The Bertz CT molecular complexity index is 1590. The fourth-order valence-corrected chi connectivity index (χ4v) is 9.75. The summed E-state index contributed by atoms with van der Waals surface area (Å²) >= 11 is 0. The maximum atomic E-state index is 11.6. The SMILES string of the molecule is NCCCNCCCNCCCNCCCNCCCNCCCNCCCNCCCNCCCNCCCNCCCNCCCNCCCNCCCN[C@H]1CCCn2c1c(C[C@H](N)C(=O)O)c1ccccc12. The molecule has 1 aromatic heterocycles. The highest BCUT2D eigenvalue weighted by Crippen LogP contribution is 2.36. The summed E-state index contributed by atoms with van der Waals surface area (Å²) in [7, 11) is 0. The van der Waals surface area contributed by atoms with Gasteiger partial charge in [-0.05, 0) is 298 Å². The van der Waals surface area contributed by atoms with Gasteiger partial charge in [0.2, 0.25) is 0 Å². The minimum Gasteiger partial charge on any atom is -0.480 e. The number of hydrogen-bond acceptors (Lipinski definition) is 17. The molecule has 442 valence electrons. The Balaban J connectivity index is 0.912. The lowest BCUT2D eigenvalue weighted by Crippen LogP contribution is -2.34. The number of nitrogens with zero attached hydrogens (tertiary/aromatic N) is 1. The molecule has 3 rings (SSSR count). The summed E-state index contributed by atoms with van der Waals surface area (Å²) in [5, 5.41) is 60.8. The average Bonchev–Trinajstić information content (AvgIpc) is 3.75. The molecule has 0 bridgehead atoms. The van der Waals surface area contributed by atoms with Crippen molar-refractivity contribution in [2.24, 2.45) is 11.5 Å². The second kappa shape index (κ2) is 50.8. The van der Waals surface area contributed by atoms with Gasteiger partial charge in [0.1, 0.15) is 6.04 Å². The van der Waals surface area contributed by atoms with Crippen LogP contribution >= 0.6 is 0 Å². The van der Waals surface area contributed by atoms with E-state index < -0.39 is 12.0 Å². The van der Waals surface area contributed by atoms with E-state index in [0.29, 0.717) is 6.42 Å². The van der Waals surface area contributed by atoms with E-state index in [0.717, 1.165) is 239 Å². The highest BCUT2D eigenvalue weighted by atomic mass is 16.4. The Morgan fingerprint density at radius 1 is 0.461 bits per heavy atom. The number of carbonyl (C=O) groups is 1. The van der Waals surface area contributed by atoms with E-state index in [1.54, 1.807) is 0 Å². The smallest absolute Gasteiger partial charge is 0.320 e. The van der Waals surface area contributed by atoms with Gasteiger partial charge in [0, 0.05) is 35.6 Å². The molecule has 19 N–H and O–H groups in total. The van der Waals surface area contributed by atoms with Crippen molar-refractivity contribution in [3.05, 3.63) is 35.5 Å². The highest BCUT2D eigenvalue weighted by molar-refractivity contribution is 5.87. The normalized spacial score (nSPS) is 14.1. The number of para-hydroxylation sites is 1. The first-order valence-electron chi connectivity index (χ1n) is 30.8. The number of carboxylic acid groups (broad SMARTS) is 1. The van der Waals surface area contributed by atoms with Crippen molar-refractivity contribution in [2.75, 3.05) is 183 Å². The van der Waals surface area contributed by atoms with E-state index >= 15 is 0 Å². The van der Waals surface area contributed by atoms with Crippen LogP contribution in [-0.2, 0) is 17.8 Å². The number of nitrogens with one attached hydrogen (secondary N) is 14. The summed E-state index contributed by atoms with van der Waals surface area (Å²) in [5.41, 5.74) is 15.0. The quantitative estimate of drug-likeness (QED) is 0.0414. The Kier molecular flexibility index (Phi) is 45.3. The Hall–Kier alpha value is -2.41. The first-order valence-corrected chi connectivity index (χ1v) is 30.8. The largest absolute Gasteiger partial charge is 0.480 e. The molecule has 2 heterocycles. The second-order valence-corrected chi connectivity index (χ2v) is 20.8. The summed E-state index contributed by atoms with van der Waals surface area (Å²) in [5.74, 6) is -0.947. The first-order chi connectivity index (χ1) is 37.6. The lowest BCUT2D eigenvalue weighted by Gasteiger charge is -2.28. The number of aromatic nitrogens is 1. The van der Waals surface area contributed by atoms with Crippen LogP contribution in [0.3, 0.4) is 0 Å². The van der Waals surface area contributed by atoms with E-state index in [2.05, 4.69) is 97.2 Å². The lowest BCUT2D eigenvalue weighted by molar-refractivity contribution is -0.138. The van der Waals surface area contributed by atoms with Gasteiger partial charge >= 0.3 is 5.97 Å². The summed E-state index contributed by atoms with van der Waals surface area (Å²) in [6, 6.07) is 7.67. The van der Waals surface area contributed by atoms with Crippen LogP contribution in [0.15, 0.2) is 24.3 Å². The number of benzene rings is 1. The molecule has 0 aliphatic carbocycles. The number of hydrogen-bond donors (Lipinski definition) is 17. The average molecular weight is 1070 g/mol. The third-order valence-corrected chi connectivity index (χ3v) is 14.0. The molecule has 0 spiro atoms. The second-order valence-electron chi connectivity index (χ2n) is 20.8. The van der Waals surface area contributed by atoms with E-state index in [1.165, 1.54) is 75.4 Å². The van der Waals surface area contributed by atoms with E-state index in [9.17, 15) is 9.90 Å². The molecule has 19 heteroatoms. The molecule has 0 amide bonds. The molecule has 0 fully saturated rings. The molecule has 1 aliphatic heterocycles. The van der Waals surface area contributed by atoms with Crippen molar-refractivity contribution in [3.63, 3.8) is 0 Å². The number of fused-ring (bicyclic) bond motifs is 3. The minimum absolute atomic E-state index is 0.222. The number of nitrogens with two attached hydrogens (primary N) is 2. The maximum absolute atomic E-state index is 11.6. The molecule has 0 radical (unpaired) electrons. The molecule has 0 unspecified atom stereocenters. The van der Waals surface area contributed by atoms with Gasteiger partial charge in [-0.3, -0.25) is 4.79 Å². The van der Waals surface area contributed by atoms with E-state index in [1.807, 2.05) is 6.07 Å². The fraction of sp³-hybridized carbons (Fsp3) is 0.842. The summed E-state index contributed by atoms with van der Waals surface area (Å²) in [6.45, 7) is 30.6. The van der Waals surface area contributed by atoms with Gasteiger partial charge in [0.25, 0.3) is 0 Å². The van der Waals surface area contributed by atoms with Crippen molar-refractivity contribution in [2.45, 2.75) is 128 Å². The van der Waals surface area contributed by atoms with Gasteiger partial charge in [-0.25, -0.2) is 0 Å². The van der Waals surface area contributed by atoms with Crippen molar-refractivity contribution >= 4 is 16.9 Å². The van der Waals surface area contributed by atoms with E-state index in [4.69, 9.17) is 11.5 Å². The fourth-order valence-electron chi connectivity index (χ4n) is 9.75. The highest BCUT2D eigenvalue weighted by Gasteiger charge is 2.29. The van der Waals surface area contributed by atoms with Gasteiger partial charge in [0.05, 0.1) is 0 Å². The molecule has 19 nitrogen and oxygen atoms in total. The predicted octanol–water partition coefficient (Wildman–Crippen LogP) is 1.11. The Labute approximate surface area is 462 Å². The van der Waals surface area contributed by atoms with Gasteiger partial charge in [-0.15, -0.1) is 0 Å². The van der Waals surface area contributed by atoms with Gasteiger partial charge in [-0.2, -0.15) is 0 Å². The van der Waals surface area contributed by atoms with Crippen molar-refractivity contribution in [1.29, 1.82) is 0 Å². The van der Waals surface area contributed by atoms with Gasteiger partial charge in [0.15, 0.2) is 0 Å². The third kappa shape index (κ3) is 36.0. The monoisotopic (exact) mass is 1070 g/mol. The van der Waals surface area contributed by atoms with E-state index in [-0.39, 0.29) is 6.04 Å². The van der Waals surface area contributed by atoms with Crippen molar-refractivity contribution in [1.82, 2.24) is 79.0 Å². The van der Waals surface area contributed by atoms with Crippen LogP contribution in [0, 0.1) is 0 Å². The number of aliphatic carboxylic acids is 1. The molecule has 1 aliphatic rings. The number of carboxylic acids is 1. The van der Waals surface area contributed by atoms with Gasteiger partial charge < -0.3 is 95.6 Å². The topological polar surface area (TPSA) is 263 Å². The summed E-state index contributed by atoms with van der Waals surface area (Å²) in [6.07, 6.45) is 18.7. The lowest BCUT2D eigenvalue weighted by atomic mass is 9.95. The molecule has 76 heavy (non-hydrogen) atoms. The molecule has 2 atom stereocenters. The number of aryl methyl sites for hydroxylation is 1. The van der Waals surface area contributed by atoms with Crippen LogP contribution in [0.2, 0.25) is 0 Å². The summed E-state index contributed by atoms with van der Waals surface area (Å²) < 4.78 is 2.39. The third-order valence-electron chi connectivity index (χ3n) is 14.0. The molecule has 0 saturated carbocycles. The van der Waals surface area contributed by atoms with Crippen LogP contribution in [-0.4, -0.2) is 205 Å². The van der Waals surface area contributed by atoms with Crippen LogP contribution in [0.4, 0.5) is 0 Å². The maximum Gasteiger partial charge on any atom is 0.320 e. The van der Waals surface area contributed by atoms with Crippen molar-refractivity contribution in [3.8, 4) is 0 Å². The molecular formula is C57H117N17O2. The zero-order valence-corrected chi connectivity index (χ0v) is 47.9. The van der Waals surface area contributed by atoms with Crippen molar-refractivity contribution < 1.29 is 9.90 Å². The Morgan fingerprint density at radius 2 is 0.750 bits per heavy atom. The zero-order valence-electron chi connectivity index (χ0n) is 47.9. The van der Waals surface area contributed by atoms with Crippen LogP contribution < -0.4 is 85.9 Å². The summed E-state index contributed by atoms with van der Waals surface area (Å²) in [4.78, 5) is 11.6. The first kappa shape index (κ1) is 67.9. The van der Waals surface area contributed by atoms with Crippen LogP contribution in [0.5, 0.6) is 0 Å². The number of rotatable bonds is 59. The molecule has 0 saturated heterocycles. The van der Waals surface area contributed by atoms with Gasteiger partial charge in [-0.1, -0.05) is 18.2 Å². The minimum atomic E-state index is -0.947. The predicted molar refractivity (Wildman–Crippen MR) is 322 cm³/mol. The molecular weight excluding hydrogens is 955 g/mol. The molecule has 2 aromatic rings. The zero-order chi connectivity index (χ0) is 53.9. The Morgan fingerprint density at radius 3 is 1.05 bits per heavy atom. The molecule has 1 aromatic carbocycles. The van der Waals surface area contributed by atoms with Crippen LogP contribution in [0.25, 0.3) is 10.9 Å². The standard InChI is InChI=1S/C57H117N17O2/c58-21-4-22-60-23-5-24-61-25-6-26-62-27-7-28-63-29-8-30-64-31-9-32-65-33-10-34-66-35-11-36-67-37-12-38-68-39-13-40-69-41-14-42-70-43-15-44-71-45-16-46-72-47-17-48-73-54-19-3-49-74-55-20-2-1-18-51(55)52(56(54)74)50-53(59)57(75)76/h1-2,18,20,53-54,60-73H,3-17,19,21-50,58-59H2,(H,75,76)/t53-,54-/m0/s1. The van der Waals surface area contributed by atoms with Crippen LogP contribution in [0.1, 0.15) is 120 Å².